The molecular weight excluding hydrogens is 304 g/mol. The van der Waals surface area contributed by atoms with Crippen molar-refractivity contribution in [1.29, 1.82) is 0 Å². The minimum Gasteiger partial charge on any atom is -0.465 e. The van der Waals surface area contributed by atoms with Gasteiger partial charge in [0.2, 0.25) is 0 Å². The summed E-state index contributed by atoms with van der Waals surface area (Å²) in [7, 11) is 0. The highest BCUT2D eigenvalue weighted by Crippen LogP contribution is 2.37. The monoisotopic (exact) mass is 316 g/mol. The van der Waals surface area contributed by atoms with Crippen molar-refractivity contribution in [2.75, 3.05) is 13.1 Å². The Hall–Kier alpha value is -1.47. The first kappa shape index (κ1) is 14.9. The molecule has 1 fully saturated rings. The molecule has 1 aromatic rings. The predicted octanol–water partition coefficient (Wildman–Crippen LogP) is 3.48. The van der Waals surface area contributed by atoms with Crippen LogP contribution in [0.4, 0.5) is 10.5 Å². The molecule has 0 atom stereocenters. The largest absolute Gasteiger partial charge is 0.465 e. The molecule has 1 saturated heterocycles. The first-order valence-corrected chi connectivity index (χ1v) is 7.31. The van der Waals surface area contributed by atoms with Crippen molar-refractivity contribution in [3.8, 4) is 0 Å². The van der Waals surface area contributed by atoms with Crippen molar-refractivity contribution >= 4 is 35.1 Å². The lowest BCUT2D eigenvalue weighted by Crippen LogP contribution is -2.38. The number of rotatable bonds is 3. The molecule has 1 amide bonds. The van der Waals surface area contributed by atoms with Crippen molar-refractivity contribution < 1.29 is 14.8 Å². The number of nitro groups is 1. The van der Waals surface area contributed by atoms with Gasteiger partial charge in [-0.1, -0.05) is 11.6 Å². The minimum absolute atomic E-state index is 0.0417. The molecule has 0 radical (unpaired) electrons. The van der Waals surface area contributed by atoms with Gasteiger partial charge in [-0.05, 0) is 25.0 Å². The molecule has 108 valence electrons. The van der Waals surface area contributed by atoms with Gasteiger partial charge in [0, 0.05) is 29.4 Å². The first-order valence-electron chi connectivity index (χ1n) is 6.06. The quantitative estimate of drug-likeness (QED) is 0.681. The van der Waals surface area contributed by atoms with E-state index in [9.17, 15) is 14.9 Å². The molecule has 1 aliphatic heterocycles. The van der Waals surface area contributed by atoms with Gasteiger partial charge in [0.25, 0.3) is 5.69 Å². The number of carbonyl (C=O) groups is 1. The van der Waals surface area contributed by atoms with Crippen LogP contribution in [0.25, 0.3) is 0 Å². The summed E-state index contributed by atoms with van der Waals surface area (Å²) in [6.07, 6.45) is 0.448. The number of carboxylic acid groups (broad SMARTS) is 1. The van der Waals surface area contributed by atoms with Crippen LogP contribution < -0.4 is 0 Å². The standard InChI is InChI=1S/C12H13ClN2O4S/c13-8-1-2-10(15(18)19)11(7-8)20-9-3-5-14(6-4-9)12(16)17/h1-2,7,9H,3-6H2,(H,16,17). The summed E-state index contributed by atoms with van der Waals surface area (Å²) in [6, 6.07) is 4.49. The third-order valence-corrected chi connectivity index (χ3v) is 4.75. The number of thioether (sulfide) groups is 1. The molecule has 0 saturated carbocycles. The van der Waals surface area contributed by atoms with Crippen molar-refractivity contribution in [3.05, 3.63) is 33.3 Å². The zero-order valence-corrected chi connectivity index (χ0v) is 12.1. The van der Waals surface area contributed by atoms with Gasteiger partial charge in [0.05, 0.1) is 9.82 Å². The van der Waals surface area contributed by atoms with E-state index in [1.54, 1.807) is 6.07 Å². The zero-order chi connectivity index (χ0) is 14.7. The van der Waals surface area contributed by atoms with Gasteiger partial charge in [0.1, 0.15) is 0 Å². The number of piperidine rings is 1. The number of likely N-dealkylation sites (tertiary alicyclic amines) is 1. The lowest BCUT2D eigenvalue weighted by Gasteiger charge is -2.29. The third kappa shape index (κ3) is 3.55. The van der Waals surface area contributed by atoms with E-state index in [-0.39, 0.29) is 10.9 Å². The van der Waals surface area contributed by atoms with Crippen molar-refractivity contribution in [2.24, 2.45) is 0 Å². The lowest BCUT2D eigenvalue weighted by molar-refractivity contribution is -0.387. The molecule has 20 heavy (non-hydrogen) atoms. The van der Waals surface area contributed by atoms with Gasteiger partial charge in [-0.25, -0.2) is 4.79 Å². The summed E-state index contributed by atoms with van der Waals surface area (Å²) in [4.78, 5) is 23.3. The van der Waals surface area contributed by atoms with Crippen LogP contribution in [0.1, 0.15) is 12.8 Å². The number of nitrogens with zero attached hydrogens (tertiary/aromatic N) is 2. The Morgan fingerprint density at radius 3 is 2.65 bits per heavy atom. The van der Waals surface area contributed by atoms with Gasteiger partial charge >= 0.3 is 6.09 Å². The number of halogens is 1. The second kappa shape index (κ2) is 6.32. The molecule has 0 aromatic heterocycles. The van der Waals surface area contributed by atoms with Gasteiger partial charge in [-0.3, -0.25) is 10.1 Å². The summed E-state index contributed by atoms with van der Waals surface area (Å²) >= 11 is 7.28. The Labute approximate surface area is 124 Å². The van der Waals surface area contributed by atoms with E-state index in [1.807, 2.05) is 0 Å². The van der Waals surface area contributed by atoms with E-state index < -0.39 is 11.0 Å². The average molecular weight is 317 g/mol. The van der Waals surface area contributed by atoms with Gasteiger partial charge in [-0.2, -0.15) is 0 Å². The lowest BCUT2D eigenvalue weighted by atomic mass is 10.1. The van der Waals surface area contributed by atoms with Gasteiger partial charge in [0.15, 0.2) is 0 Å². The molecule has 6 nitrogen and oxygen atoms in total. The highest BCUT2D eigenvalue weighted by Gasteiger charge is 2.25. The molecule has 1 aliphatic rings. The number of benzene rings is 1. The van der Waals surface area contributed by atoms with Gasteiger partial charge in [-0.15, -0.1) is 11.8 Å². The predicted molar refractivity (Wildman–Crippen MR) is 76.6 cm³/mol. The van der Waals surface area contributed by atoms with Crippen LogP contribution in [0.15, 0.2) is 23.1 Å². The summed E-state index contributed by atoms with van der Waals surface area (Å²) < 4.78 is 0. The van der Waals surface area contributed by atoms with E-state index in [1.165, 1.54) is 28.8 Å². The van der Waals surface area contributed by atoms with Crippen LogP contribution >= 0.6 is 23.4 Å². The number of amides is 1. The molecule has 0 spiro atoms. The Morgan fingerprint density at radius 2 is 2.10 bits per heavy atom. The molecule has 1 N–H and O–H groups in total. The molecular formula is C12H13ClN2O4S. The summed E-state index contributed by atoms with van der Waals surface area (Å²) in [6.45, 7) is 0.919. The smallest absolute Gasteiger partial charge is 0.407 e. The Balaban J connectivity index is 2.06. The fourth-order valence-corrected chi connectivity index (χ4v) is 3.58. The summed E-state index contributed by atoms with van der Waals surface area (Å²) in [5, 5.41) is 20.5. The summed E-state index contributed by atoms with van der Waals surface area (Å²) in [5.41, 5.74) is 0.0417. The molecule has 1 heterocycles. The molecule has 1 aromatic carbocycles. The van der Waals surface area contributed by atoms with Crippen LogP contribution in [-0.2, 0) is 0 Å². The molecule has 0 bridgehead atoms. The van der Waals surface area contributed by atoms with Crippen LogP contribution in [0.3, 0.4) is 0 Å². The van der Waals surface area contributed by atoms with Crippen LogP contribution in [0.5, 0.6) is 0 Å². The highest BCUT2D eigenvalue weighted by molar-refractivity contribution is 8.00. The number of hydrogen-bond acceptors (Lipinski definition) is 4. The maximum Gasteiger partial charge on any atom is 0.407 e. The fourth-order valence-electron chi connectivity index (χ4n) is 2.08. The van der Waals surface area contributed by atoms with Gasteiger partial charge < -0.3 is 10.0 Å². The van der Waals surface area contributed by atoms with Crippen LogP contribution in [0, 0.1) is 10.1 Å². The van der Waals surface area contributed by atoms with E-state index >= 15 is 0 Å². The maximum absolute atomic E-state index is 11.0. The minimum atomic E-state index is -0.915. The topological polar surface area (TPSA) is 83.7 Å². The van der Waals surface area contributed by atoms with Crippen molar-refractivity contribution in [2.45, 2.75) is 23.0 Å². The third-order valence-electron chi connectivity index (χ3n) is 3.12. The molecule has 0 unspecified atom stereocenters. The van der Waals surface area contributed by atoms with Crippen molar-refractivity contribution in [3.63, 3.8) is 0 Å². The molecule has 2 rings (SSSR count). The van der Waals surface area contributed by atoms with E-state index in [0.29, 0.717) is 35.8 Å². The second-order valence-corrected chi connectivity index (χ2v) is 6.23. The highest BCUT2D eigenvalue weighted by atomic mass is 35.5. The zero-order valence-electron chi connectivity index (χ0n) is 10.5. The van der Waals surface area contributed by atoms with Crippen LogP contribution in [0.2, 0.25) is 5.02 Å². The Morgan fingerprint density at radius 1 is 1.45 bits per heavy atom. The second-order valence-electron chi connectivity index (χ2n) is 4.46. The van der Waals surface area contributed by atoms with Crippen molar-refractivity contribution in [1.82, 2.24) is 4.90 Å². The molecule has 0 aliphatic carbocycles. The molecule has 8 heteroatoms. The van der Waals surface area contributed by atoms with Crippen LogP contribution in [-0.4, -0.2) is 39.4 Å². The fraction of sp³-hybridized carbons (Fsp3) is 0.417. The number of nitro benzene ring substituents is 1. The average Bonchev–Trinajstić information content (AvgIpc) is 2.39. The summed E-state index contributed by atoms with van der Waals surface area (Å²) in [5.74, 6) is 0. The normalized spacial score (nSPS) is 16.1. The van der Waals surface area contributed by atoms with E-state index in [2.05, 4.69) is 0 Å². The Bertz CT molecular complexity index is 532. The SMILES string of the molecule is O=C(O)N1CCC(Sc2cc(Cl)ccc2[N+](=O)[O-])CC1. The van der Waals surface area contributed by atoms with E-state index in [4.69, 9.17) is 16.7 Å². The maximum atomic E-state index is 11.0. The van der Waals surface area contributed by atoms with E-state index in [0.717, 1.165) is 0 Å². The first-order chi connectivity index (χ1) is 9.47. The Kier molecular flexibility index (Phi) is 4.72. The number of hydrogen-bond donors (Lipinski definition) is 1.